The maximum absolute atomic E-state index is 12.5. The van der Waals surface area contributed by atoms with Gasteiger partial charge in [0.15, 0.2) is 0 Å². The maximum atomic E-state index is 12.5. The lowest BCUT2D eigenvalue weighted by Gasteiger charge is -2.20. The Morgan fingerprint density at radius 2 is 0.644 bits per heavy atom. The zero-order valence-corrected chi connectivity index (χ0v) is 49.4. The van der Waals surface area contributed by atoms with Gasteiger partial charge < -0.3 is 20.3 Å². The van der Waals surface area contributed by atoms with Crippen molar-refractivity contribution in [3.63, 3.8) is 0 Å². The zero-order valence-electron chi connectivity index (χ0n) is 49.4. The molecule has 6 nitrogen and oxygen atoms in total. The number of rotatable bonds is 62. The Bertz CT molecular complexity index is 1140. The van der Waals surface area contributed by atoms with E-state index in [0.29, 0.717) is 19.4 Å². The molecule has 73 heavy (non-hydrogen) atoms. The van der Waals surface area contributed by atoms with Gasteiger partial charge in [-0.3, -0.25) is 9.59 Å². The van der Waals surface area contributed by atoms with Crippen LogP contribution in [0.3, 0.4) is 0 Å². The van der Waals surface area contributed by atoms with E-state index in [1.807, 2.05) is 6.08 Å². The van der Waals surface area contributed by atoms with Gasteiger partial charge >= 0.3 is 5.97 Å². The fraction of sp³-hybridized carbons (Fsp3) is 0.910. The molecule has 2 atom stereocenters. The van der Waals surface area contributed by atoms with Crippen molar-refractivity contribution in [1.82, 2.24) is 5.32 Å². The molecular formula is C67H129NO5. The van der Waals surface area contributed by atoms with Crippen LogP contribution in [0.4, 0.5) is 0 Å². The highest BCUT2D eigenvalue weighted by molar-refractivity contribution is 5.76. The van der Waals surface area contributed by atoms with Crippen molar-refractivity contribution >= 4 is 11.9 Å². The molecule has 0 rings (SSSR count). The van der Waals surface area contributed by atoms with E-state index in [1.165, 1.54) is 295 Å². The molecule has 0 radical (unpaired) electrons. The fourth-order valence-electron chi connectivity index (χ4n) is 10.4. The Morgan fingerprint density at radius 1 is 0.370 bits per heavy atom. The van der Waals surface area contributed by atoms with Crippen molar-refractivity contribution in [2.75, 3.05) is 13.2 Å². The highest BCUT2D eigenvalue weighted by atomic mass is 16.5. The largest absolute Gasteiger partial charge is 0.466 e. The van der Waals surface area contributed by atoms with Crippen LogP contribution in [-0.4, -0.2) is 47.4 Å². The summed E-state index contributed by atoms with van der Waals surface area (Å²) in [6, 6.07) is -0.633. The van der Waals surface area contributed by atoms with Crippen LogP contribution in [0.25, 0.3) is 0 Å². The topological polar surface area (TPSA) is 95.9 Å². The minimum atomic E-state index is -0.850. The van der Waals surface area contributed by atoms with Gasteiger partial charge in [-0.1, -0.05) is 321 Å². The highest BCUT2D eigenvalue weighted by Gasteiger charge is 2.18. The SMILES string of the molecule is CCCCCCC/C=C\CCCCCCCC(=O)OCCCCCCCCCCCCCCCCCCCC(=O)NC(CO)C(O)/C=C/CCCCCCCCCCCCCCCCCCCCCCCCC. The van der Waals surface area contributed by atoms with Crippen LogP contribution < -0.4 is 5.32 Å². The van der Waals surface area contributed by atoms with Gasteiger partial charge in [0.05, 0.1) is 25.4 Å². The van der Waals surface area contributed by atoms with Gasteiger partial charge in [-0.15, -0.1) is 0 Å². The van der Waals surface area contributed by atoms with Gasteiger partial charge in [-0.05, 0) is 57.8 Å². The molecule has 2 unspecified atom stereocenters. The molecule has 0 heterocycles. The van der Waals surface area contributed by atoms with E-state index in [4.69, 9.17) is 4.74 Å². The van der Waals surface area contributed by atoms with Gasteiger partial charge in [0.2, 0.25) is 5.91 Å². The van der Waals surface area contributed by atoms with Crippen molar-refractivity contribution in [2.45, 2.75) is 379 Å². The average molecular weight is 1030 g/mol. The lowest BCUT2D eigenvalue weighted by atomic mass is 10.0. The smallest absolute Gasteiger partial charge is 0.305 e. The second-order valence-corrected chi connectivity index (χ2v) is 22.8. The third-order valence-electron chi connectivity index (χ3n) is 15.5. The predicted molar refractivity (Wildman–Crippen MR) is 320 cm³/mol. The van der Waals surface area contributed by atoms with Gasteiger partial charge in [0.1, 0.15) is 0 Å². The summed E-state index contributed by atoms with van der Waals surface area (Å²) in [5, 5.41) is 23.3. The predicted octanol–water partition coefficient (Wildman–Crippen LogP) is 21.0. The Kier molecular flexibility index (Phi) is 61.4. The standard InChI is InChI=1S/C67H129NO5/c1-3-5-7-9-11-13-15-17-19-20-21-22-23-24-25-26-27-29-32-35-39-43-47-51-55-59-65(70)64(63-69)68-66(71)60-56-52-48-44-40-36-33-30-28-31-34-38-42-46-50-54-58-62-73-67(72)61-57-53-49-45-41-37-18-16-14-12-10-8-6-4-2/h16,18,55,59,64-65,69-70H,3-15,17,19-54,56-58,60-63H2,1-2H3,(H,68,71)/b18-16-,59-55+. The van der Waals surface area contributed by atoms with Crippen LogP contribution in [0.2, 0.25) is 0 Å². The third-order valence-corrected chi connectivity index (χ3v) is 15.5. The highest BCUT2D eigenvalue weighted by Crippen LogP contribution is 2.18. The normalized spacial score (nSPS) is 12.7. The summed E-state index contributed by atoms with van der Waals surface area (Å²) >= 11 is 0. The molecule has 432 valence electrons. The van der Waals surface area contributed by atoms with Crippen molar-refractivity contribution in [3.8, 4) is 0 Å². The molecule has 0 aromatic rings. The maximum Gasteiger partial charge on any atom is 0.305 e. The number of carbonyl (C=O) groups is 2. The molecule has 0 aliphatic rings. The van der Waals surface area contributed by atoms with Crippen molar-refractivity contribution < 1.29 is 24.5 Å². The van der Waals surface area contributed by atoms with Crippen LogP contribution in [0.15, 0.2) is 24.3 Å². The van der Waals surface area contributed by atoms with Gasteiger partial charge in [-0.2, -0.15) is 0 Å². The summed E-state index contributed by atoms with van der Waals surface area (Å²) in [5.74, 6) is -0.0726. The molecule has 0 aliphatic carbocycles. The zero-order chi connectivity index (χ0) is 52.9. The molecule has 1 amide bonds. The molecule has 0 saturated heterocycles. The Balaban J connectivity index is 3.44. The number of hydrogen-bond donors (Lipinski definition) is 3. The number of amides is 1. The first-order valence-electron chi connectivity index (χ1n) is 33.1. The summed E-state index contributed by atoms with van der Waals surface area (Å²) in [6.07, 6.45) is 78.0. The molecular weight excluding hydrogens is 899 g/mol. The summed E-state index contributed by atoms with van der Waals surface area (Å²) in [5.41, 5.74) is 0. The molecule has 0 saturated carbocycles. The molecule has 0 fully saturated rings. The van der Waals surface area contributed by atoms with Crippen LogP contribution in [0.1, 0.15) is 367 Å². The quantitative estimate of drug-likeness (QED) is 0.0320. The average Bonchev–Trinajstić information content (AvgIpc) is 3.39. The summed E-state index contributed by atoms with van der Waals surface area (Å²) in [4.78, 5) is 24.6. The van der Waals surface area contributed by atoms with Gasteiger partial charge in [0.25, 0.3) is 0 Å². The Labute approximate surface area is 456 Å². The van der Waals surface area contributed by atoms with Gasteiger partial charge in [0, 0.05) is 12.8 Å². The monoisotopic (exact) mass is 1030 g/mol. The Hall–Kier alpha value is -1.66. The number of aliphatic hydroxyl groups is 2. The fourth-order valence-corrected chi connectivity index (χ4v) is 10.4. The first-order valence-corrected chi connectivity index (χ1v) is 33.1. The first-order chi connectivity index (χ1) is 36.0. The second kappa shape index (κ2) is 62.9. The summed E-state index contributed by atoms with van der Waals surface area (Å²) in [6.45, 7) is 4.91. The minimum absolute atomic E-state index is 0.00321. The Morgan fingerprint density at radius 3 is 0.973 bits per heavy atom. The third kappa shape index (κ3) is 59.4. The lowest BCUT2D eigenvalue weighted by Crippen LogP contribution is -2.45. The minimum Gasteiger partial charge on any atom is -0.466 e. The molecule has 0 aromatic heterocycles. The molecule has 3 N–H and O–H groups in total. The van der Waals surface area contributed by atoms with E-state index in [2.05, 4.69) is 31.3 Å². The first kappa shape index (κ1) is 71.3. The second-order valence-electron chi connectivity index (χ2n) is 22.8. The van der Waals surface area contributed by atoms with Crippen LogP contribution in [0.5, 0.6) is 0 Å². The van der Waals surface area contributed by atoms with Crippen molar-refractivity contribution in [3.05, 3.63) is 24.3 Å². The van der Waals surface area contributed by atoms with E-state index < -0.39 is 12.1 Å². The molecule has 0 aliphatic heterocycles. The number of allylic oxidation sites excluding steroid dienone is 3. The molecule has 0 spiro atoms. The van der Waals surface area contributed by atoms with Crippen LogP contribution >= 0.6 is 0 Å². The number of ether oxygens (including phenoxy) is 1. The number of carbonyl (C=O) groups excluding carboxylic acids is 2. The van der Waals surface area contributed by atoms with E-state index in [9.17, 15) is 19.8 Å². The number of esters is 1. The van der Waals surface area contributed by atoms with Crippen LogP contribution in [-0.2, 0) is 14.3 Å². The molecule has 0 bridgehead atoms. The number of aliphatic hydroxyl groups excluding tert-OH is 2. The lowest BCUT2D eigenvalue weighted by molar-refractivity contribution is -0.143. The van der Waals surface area contributed by atoms with E-state index >= 15 is 0 Å². The summed E-state index contributed by atoms with van der Waals surface area (Å²) < 4.78 is 5.48. The number of unbranched alkanes of at least 4 members (excludes halogenated alkanes) is 49. The van der Waals surface area contributed by atoms with Gasteiger partial charge in [-0.25, -0.2) is 0 Å². The van der Waals surface area contributed by atoms with Crippen molar-refractivity contribution in [1.29, 1.82) is 0 Å². The van der Waals surface area contributed by atoms with E-state index in [0.717, 1.165) is 44.9 Å². The van der Waals surface area contributed by atoms with E-state index in [1.54, 1.807) is 6.08 Å². The number of hydrogen-bond acceptors (Lipinski definition) is 5. The van der Waals surface area contributed by atoms with Crippen LogP contribution in [0, 0.1) is 0 Å². The van der Waals surface area contributed by atoms with E-state index in [-0.39, 0.29) is 18.5 Å². The summed E-state index contributed by atoms with van der Waals surface area (Å²) in [7, 11) is 0. The molecule has 6 heteroatoms. The number of nitrogens with one attached hydrogen (secondary N) is 1. The van der Waals surface area contributed by atoms with Crippen molar-refractivity contribution in [2.24, 2.45) is 0 Å². The molecule has 0 aromatic carbocycles.